The summed E-state index contributed by atoms with van der Waals surface area (Å²) < 4.78 is 14.9. The lowest BCUT2D eigenvalue weighted by Crippen LogP contribution is -2.49. The summed E-state index contributed by atoms with van der Waals surface area (Å²) in [5, 5.41) is 17.0. The molecule has 0 aliphatic carbocycles. The van der Waals surface area contributed by atoms with Gasteiger partial charge in [0.05, 0.1) is 35.5 Å². The standard InChI is InChI=1S/C22H27FN8O/c1-14-16(10-28-30(14)2)12-31-8-7-15(9-24)20(13-31)27-11-19(22(26)32)21(25)29-18-5-3-17(23)4-6-18/h3-6,10-11,15,20,27H,7-8,12-13H2,1-2H3,(H2,25,29)(H2,26,32)/b19-11+/t15-,20?/m0/s1. The highest BCUT2D eigenvalue weighted by Crippen LogP contribution is 2.20. The molecule has 0 bridgehead atoms. The van der Waals surface area contributed by atoms with Crippen LogP contribution in [-0.2, 0) is 18.4 Å². The predicted octanol–water partition coefficient (Wildman–Crippen LogP) is 1.23. The maximum Gasteiger partial charge on any atom is 0.253 e. The average molecular weight is 439 g/mol. The van der Waals surface area contributed by atoms with E-state index in [1.807, 2.05) is 24.9 Å². The van der Waals surface area contributed by atoms with Gasteiger partial charge >= 0.3 is 0 Å². The van der Waals surface area contributed by atoms with Gasteiger partial charge in [0.2, 0.25) is 0 Å². The fourth-order valence-electron chi connectivity index (χ4n) is 3.60. The van der Waals surface area contributed by atoms with Crippen LogP contribution in [0.4, 0.5) is 10.1 Å². The second-order valence-electron chi connectivity index (χ2n) is 7.81. The number of nitrogens with zero attached hydrogens (tertiary/aromatic N) is 5. The maximum atomic E-state index is 13.1. The van der Waals surface area contributed by atoms with Gasteiger partial charge < -0.3 is 16.8 Å². The van der Waals surface area contributed by atoms with Crippen molar-refractivity contribution in [3.63, 3.8) is 0 Å². The molecule has 2 aromatic rings. The van der Waals surface area contributed by atoms with Gasteiger partial charge in [-0.2, -0.15) is 10.4 Å². The van der Waals surface area contributed by atoms with Crippen LogP contribution in [0.1, 0.15) is 17.7 Å². The number of nitriles is 1. The quantitative estimate of drug-likeness (QED) is 0.338. The molecule has 1 aliphatic heterocycles. The van der Waals surface area contributed by atoms with Crippen molar-refractivity contribution in [3.05, 3.63) is 59.3 Å². The van der Waals surface area contributed by atoms with Crippen LogP contribution in [0, 0.1) is 30.0 Å². The van der Waals surface area contributed by atoms with Gasteiger partial charge in [-0.15, -0.1) is 0 Å². The Morgan fingerprint density at radius 1 is 1.41 bits per heavy atom. The molecule has 1 fully saturated rings. The molecule has 32 heavy (non-hydrogen) atoms. The molecule has 10 heteroatoms. The van der Waals surface area contributed by atoms with Crippen LogP contribution >= 0.6 is 0 Å². The first-order valence-corrected chi connectivity index (χ1v) is 10.2. The molecule has 1 aliphatic rings. The van der Waals surface area contributed by atoms with Gasteiger partial charge in [-0.25, -0.2) is 9.38 Å². The maximum absolute atomic E-state index is 13.1. The zero-order valence-corrected chi connectivity index (χ0v) is 18.1. The Kier molecular flexibility index (Phi) is 7.22. The first-order valence-electron chi connectivity index (χ1n) is 10.2. The minimum atomic E-state index is -0.756. The molecule has 1 amide bonds. The number of rotatable bonds is 7. The largest absolute Gasteiger partial charge is 0.385 e. The van der Waals surface area contributed by atoms with Crippen LogP contribution in [-0.4, -0.2) is 45.6 Å². The van der Waals surface area contributed by atoms with E-state index in [1.165, 1.54) is 30.5 Å². The smallest absolute Gasteiger partial charge is 0.253 e. The number of carbonyl (C=O) groups excluding carboxylic acids is 1. The zero-order chi connectivity index (χ0) is 23.3. The summed E-state index contributed by atoms with van der Waals surface area (Å²) in [5.74, 6) is -1.49. The topological polar surface area (TPSA) is 138 Å². The second-order valence-corrected chi connectivity index (χ2v) is 7.81. The van der Waals surface area contributed by atoms with Gasteiger partial charge in [0, 0.05) is 37.6 Å². The normalized spacial score (nSPS) is 20.1. The summed E-state index contributed by atoms with van der Waals surface area (Å²) in [5.41, 5.74) is 14.1. The van der Waals surface area contributed by atoms with Crippen molar-refractivity contribution < 1.29 is 9.18 Å². The Bertz CT molecular complexity index is 1070. The van der Waals surface area contributed by atoms with Gasteiger partial charge in [0.25, 0.3) is 5.91 Å². The highest BCUT2D eigenvalue weighted by Gasteiger charge is 2.29. The molecule has 3 rings (SSSR count). The van der Waals surface area contributed by atoms with Crippen molar-refractivity contribution >= 4 is 17.4 Å². The Balaban J connectivity index is 1.74. The number of aromatic nitrogens is 2. The van der Waals surface area contributed by atoms with Gasteiger partial charge in [-0.05, 0) is 44.2 Å². The molecule has 168 valence electrons. The summed E-state index contributed by atoms with van der Waals surface area (Å²) in [7, 11) is 1.90. The SMILES string of the molecule is Cc1c(CN2CC[C@@H](C#N)C(N/C=C(/C(N)=O)C(N)=Nc3ccc(F)cc3)C2)cnn1C. The van der Waals surface area contributed by atoms with Crippen molar-refractivity contribution in [2.45, 2.75) is 25.9 Å². The number of nitrogens with two attached hydrogens (primary N) is 2. The number of nitrogens with one attached hydrogen (secondary N) is 1. The van der Waals surface area contributed by atoms with E-state index in [9.17, 15) is 14.4 Å². The second kappa shape index (κ2) is 10.1. The molecule has 0 spiro atoms. The van der Waals surface area contributed by atoms with E-state index in [0.717, 1.165) is 24.3 Å². The first kappa shape index (κ1) is 23.0. The van der Waals surface area contributed by atoms with Crippen molar-refractivity contribution in [1.29, 1.82) is 5.26 Å². The average Bonchev–Trinajstić information content (AvgIpc) is 3.07. The lowest BCUT2D eigenvalue weighted by Gasteiger charge is -2.36. The number of hydrogen-bond donors (Lipinski definition) is 3. The number of piperidine rings is 1. The van der Waals surface area contributed by atoms with Crippen molar-refractivity contribution in [2.24, 2.45) is 29.4 Å². The number of benzene rings is 1. The molecule has 0 radical (unpaired) electrons. The van der Waals surface area contributed by atoms with Crippen LogP contribution in [0.3, 0.4) is 0 Å². The fourth-order valence-corrected chi connectivity index (χ4v) is 3.60. The minimum absolute atomic E-state index is 0.00811. The number of primary amides is 1. The van der Waals surface area contributed by atoms with E-state index in [1.54, 1.807) is 0 Å². The third kappa shape index (κ3) is 5.50. The lowest BCUT2D eigenvalue weighted by atomic mass is 9.92. The third-order valence-electron chi connectivity index (χ3n) is 5.65. The van der Waals surface area contributed by atoms with Gasteiger partial charge in [0.15, 0.2) is 0 Å². The van der Waals surface area contributed by atoms with Crippen LogP contribution in [0.5, 0.6) is 0 Å². The molecular weight excluding hydrogens is 411 g/mol. The number of hydrogen-bond acceptors (Lipinski definition) is 6. The summed E-state index contributed by atoms with van der Waals surface area (Å²) in [4.78, 5) is 18.3. The Labute approximate surface area is 186 Å². The molecule has 2 atom stereocenters. The predicted molar refractivity (Wildman–Crippen MR) is 119 cm³/mol. The molecular formula is C22H27FN8O. The molecule has 1 saturated heterocycles. The lowest BCUT2D eigenvalue weighted by molar-refractivity contribution is -0.114. The highest BCUT2D eigenvalue weighted by molar-refractivity contribution is 6.20. The number of carbonyl (C=O) groups is 1. The van der Waals surface area contributed by atoms with E-state index < -0.39 is 11.7 Å². The van der Waals surface area contributed by atoms with Gasteiger partial charge in [0.1, 0.15) is 11.7 Å². The molecule has 2 heterocycles. The molecule has 1 unspecified atom stereocenters. The van der Waals surface area contributed by atoms with Crippen LogP contribution in [0.2, 0.25) is 0 Å². The number of amides is 1. The van der Waals surface area contributed by atoms with Gasteiger partial charge in [-0.1, -0.05) is 0 Å². The monoisotopic (exact) mass is 438 g/mol. The summed E-state index contributed by atoms with van der Waals surface area (Å²) >= 11 is 0. The number of aliphatic imine (C=N–C) groups is 1. The van der Waals surface area contributed by atoms with Crippen LogP contribution in [0.15, 0.2) is 47.2 Å². The molecule has 1 aromatic carbocycles. The van der Waals surface area contributed by atoms with Crippen molar-refractivity contribution in [3.8, 4) is 6.07 Å². The Hall–Kier alpha value is -3.71. The van der Waals surface area contributed by atoms with E-state index in [4.69, 9.17) is 11.5 Å². The van der Waals surface area contributed by atoms with Crippen LogP contribution < -0.4 is 16.8 Å². The van der Waals surface area contributed by atoms with Crippen LogP contribution in [0.25, 0.3) is 0 Å². The molecule has 1 aromatic heterocycles. The summed E-state index contributed by atoms with van der Waals surface area (Å²) in [6.07, 6.45) is 3.96. The zero-order valence-electron chi connectivity index (χ0n) is 18.1. The molecule has 0 saturated carbocycles. The van der Waals surface area contributed by atoms with Gasteiger partial charge in [-0.3, -0.25) is 14.4 Å². The number of halogens is 1. The fraction of sp³-hybridized carbons (Fsp3) is 0.364. The van der Waals surface area contributed by atoms with E-state index >= 15 is 0 Å². The Morgan fingerprint density at radius 3 is 2.72 bits per heavy atom. The first-order chi connectivity index (χ1) is 15.3. The number of amidine groups is 1. The summed E-state index contributed by atoms with van der Waals surface area (Å²) in [6, 6.07) is 7.49. The van der Waals surface area contributed by atoms with E-state index in [0.29, 0.717) is 18.7 Å². The Morgan fingerprint density at radius 2 is 2.12 bits per heavy atom. The number of likely N-dealkylation sites (tertiary alicyclic amines) is 1. The molecule has 5 N–H and O–H groups in total. The minimum Gasteiger partial charge on any atom is -0.385 e. The summed E-state index contributed by atoms with van der Waals surface area (Å²) in [6.45, 7) is 4.12. The van der Waals surface area contributed by atoms with Crippen molar-refractivity contribution in [2.75, 3.05) is 13.1 Å². The molecule has 9 nitrogen and oxygen atoms in total. The van der Waals surface area contributed by atoms with E-state index in [-0.39, 0.29) is 23.4 Å². The van der Waals surface area contributed by atoms with Crippen molar-refractivity contribution in [1.82, 2.24) is 20.0 Å². The number of aryl methyl sites for hydroxylation is 1. The van der Waals surface area contributed by atoms with E-state index in [2.05, 4.69) is 26.4 Å². The third-order valence-corrected chi connectivity index (χ3v) is 5.65. The highest BCUT2D eigenvalue weighted by atomic mass is 19.1.